The minimum Gasteiger partial charge on any atom is -0.480 e. The van der Waals surface area contributed by atoms with Gasteiger partial charge in [0.25, 0.3) is 0 Å². The van der Waals surface area contributed by atoms with E-state index in [1.807, 2.05) is 6.92 Å². The third-order valence-corrected chi connectivity index (χ3v) is 4.09. The Bertz CT molecular complexity index is 285. The van der Waals surface area contributed by atoms with Crippen LogP contribution < -0.4 is 5.73 Å². The SMILES string of the molecule is CCC(N)(CCCN1CCN(C)CC1C)C(=O)O. The lowest BCUT2D eigenvalue weighted by molar-refractivity contribution is -0.143. The molecule has 2 unspecified atom stereocenters. The summed E-state index contributed by atoms with van der Waals surface area (Å²) in [6, 6.07) is 0.544. The molecule has 5 nitrogen and oxygen atoms in total. The van der Waals surface area contributed by atoms with Gasteiger partial charge in [-0.05, 0) is 39.8 Å². The van der Waals surface area contributed by atoms with Crippen molar-refractivity contribution in [1.82, 2.24) is 9.80 Å². The summed E-state index contributed by atoms with van der Waals surface area (Å²) in [5.74, 6) is -0.878. The monoisotopic (exact) mass is 257 g/mol. The molecule has 5 heteroatoms. The molecule has 2 atom stereocenters. The van der Waals surface area contributed by atoms with Gasteiger partial charge in [0.2, 0.25) is 0 Å². The number of hydrogen-bond donors (Lipinski definition) is 2. The molecule has 18 heavy (non-hydrogen) atoms. The van der Waals surface area contributed by atoms with E-state index in [4.69, 9.17) is 10.8 Å². The van der Waals surface area contributed by atoms with Crippen LogP contribution in [0.4, 0.5) is 0 Å². The fraction of sp³-hybridized carbons (Fsp3) is 0.923. The fourth-order valence-electron chi connectivity index (χ4n) is 2.54. The summed E-state index contributed by atoms with van der Waals surface area (Å²) in [7, 11) is 2.14. The van der Waals surface area contributed by atoms with E-state index in [0.717, 1.165) is 32.6 Å². The van der Waals surface area contributed by atoms with Gasteiger partial charge in [0.1, 0.15) is 5.54 Å². The largest absolute Gasteiger partial charge is 0.480 e. The first-order valence-electron chi connectivity index (χ1n) is 6.84. The van der Waals surface area contributed by atoms with E-state index in [9.17, 15) is 4.79 Å². The molecule has 0 aliphatic carbocycles. The van der Waals surface area contributed by atoms with Gasteiger partial charge in [-0.25, -0.2) is 0 Å². The highest BCUT2D eigenvalue weighted by molar-refractivity contribution is 5.78. The zero-order valence-electron chi connectivity index (χ0n) is 11.9. The van der Waals surface area contributed by atoms with Gasteiger partial charge in [0, 0.05) is 25.7 Å². The molecular formula is C13H27N3O2. The Balaban J connectivity index is 2.35. The smallest absolute Gasteiger partial charge is 0.323 e. The van der Waals surface area contributed by atoms with Gasteiger partial charge >= 0.3 is 5.97 Å². The first-order chi connectivity index (χ1) is 8.39. The van der Waals surface area contributed by atoms with Gasteiger partial charge in [-0.2, -0.15) is 0 Å². The van der Waals surface area contributed by atoms with E-state index in [1.54, 1.807) is 0 Å². The number of nitrogens with two attached hydrogens (primary N) is 1. The zero-order valence-corrected chi connectivity index (χ0v) is 11.9. The van der Waals surface area contributed by atoms with Gasteiger partial charge in [-0.1, -0.05) is 6.92 Å². The molecule has 3 N–H and O–H groups in total. The minimum absolute atomic E-state index is 0.487. The molecule has 0 aromatic rings. The second-order valence-electron chi connectivity index (χ2n) is 5.57. The number of carboxylic acid groups (broad SMARTS) is 1. The van der Waals surface area contributed by atoms with Gasteiger partial charge < -0.3 is 15.7 Å². The van der Waals surface area contributed by atoms with Crippen LogP contribution in [0, 0.1) is 0 Å². The summed E-state index contributed by atoms with van der Waals surface area (Å²) >= 11 is 0. The summed E-state index contributed by atoms with van der Waals surface area (Å²) < 4.78 is 0. The van der Waals surface area contributed by atoms with Crippen LogP contribution in [-0.2, 0) is 4.79 Å². The van der Waals surface area contributed by atoms with E-state index in [-0.39, 0.29) is 0 Å². The van der Waals surface area contributed by atoms with Crippen LogP contribution in [-0.4, -0.2) is 65.7 Å². The standard InChI is InChI=1S/C13H27N3O2/c1-4-13(14,12(17)18)6-5-7-16-9-8-15(3)10-11(16)2/h11H,4-10,14H2,1-3H3,(H,17,18). The highest BCUT2D eigenvalue weighted by atomic mass is 16.4. The number of hydrogen-bond acceptors (Lipinski definition) is 4. The molecule has 0 aromatic carbocycles. The van der Waals surface area contributed by atoms with Crippen molar-refractivity contribution in [1.29, 1.82) is 0 Å². The van der Waals surface area contributed by atoms with Crippen molar-refractivity contribution in [3.8, 4) is 0 Å². The summed E-state index contributed by atoms with van der Waals surface area (Å²) in [5.41, 5.74) is 4.84. The quantitative estimate of drug-likeness (QED) is 0.729. The fourth-order valence-corrected chi connectivity index (χ4v) is 2.54. The molecule has 1 aliphatic heterocycles. The summed E-state index contributed by atoms with van der Waals surface area (Å²) in [6.45, 7) is 8.25. The van der Waals surface area contributed by atoms with Crippen molar-refractivity contribution in [2.24, 2.45) is 5.73 Å². The maximum Gasteiger partial charge on any atom is 0.323 e. The highest BCUT2D eigenvalue weighted by Gasteiger charge is 2.31. The van der Waals surface area contributed by atoms with Crippen molar-refractivity contribution in [3.05, 3.63) is 0 Å². The Morgan fingerprint density at radius 1 is 1.50 bits per heavy atom. The van der Waals surface area contributed by atoms with Crippen molar-refractivity contribution >= 4 is 5.97 Å². The van der Waals surface area contributed by atoms with Crippen LogP contribution in [0.2, 0.25) is 0 Å². The third kappa shape index (κ3) is 3.93. The number of likely N-dealkylation sites (N-methyl/N-ethyl adjacent to an activating group) is 1. The lowest BCUT2D eigenvalue weighted by Gasteiger charge is -2.38. The van der Waals surface area contributed by atoms with Gasteiger partial charge in [-0.15, -0.1) is 0 Å². The van der Waals surface area contributed by atoms with Crippen molar-refractivity contribution in [3.63, 3.8) is 0 Å². The first-order valence-corrected chi connectivity index (χ1v) is 6.84. The van der Waals surface area contributed by atoms with Crippen LogP contribution in [0.3, 0.4) is 0 Å². The van der Waals surface area contributed by atoms with Gasteiger partial charge in [0.15, 0.2) is 0 Å². The predicted octanol–water partition coefficient (Wildman–Crippen LogP) is 0.595. The van der Waals surface area contributed by atoms with Crippen LogP contribution in [0.25, 0.3) is 0 Å². The molecule has 1 saturated heterocycles. The normalized spacial score (nSPS) is 25.9. The summed E-state index contributed by atoms with van der Waals surface area (Å²) in [5, 5.41) is 9.11. The summed E-state index contributed by atoms with van der Waals surface area (Å²) in [4.78, 5) is 15.9. The molecule has 0 amide bonds. The van der Waals surface area contributed by atoms with Gasteiger partial charge in [-0.3, -0.25) is 9.69 Å². The van der Waals surface area contributed by atoms with Crippen LogP contribution in [0.15, 0.2) is 0 Å². The second-order valence-corrected chi connectivity index (χ2v) is 5.57. The first kappa shape index (κ1) is 15.4. The molecule has 1 aliphatic rings. The van der Waals surface area contributed by atoms with E-state index < -0.39 is 11.5 Å². The molecule has 0 radical (unpaired) electrons. The number of piperazine rings is 1. The number of nitrogens with zero attached hydrogens (tertiary/aromatic N) is 2. The predicted molar refractivity (Wildman–Crippen MR) is 72.6 cm³/mol. The maximum absolute atomic E-state index is 11.1. The number of carbonyl (C=O) groups is 1. The topological polar surface area (TPSA) is 69.8 Å². The molecule has 1 fully saturated rings. The van der Waals surface area contributed by atoms with Gasteiger partial charge in [0.05, 0.1) is 0 Å². The Kier molecular flexibility index (Phi) is 5.56. The third-order valence-electron chi connectivity index (χ3n) is 4.09. The second kappa shape index (κ2) is 6.50. The molecule has 0 spiro atoms. The lowest BCUT2D eigenvalue weighted by Crippen LogP contribution is -2.51. The van der Waals surface area contributed by atoms with E-state index in [1.165, 1.54) is 0 Å². The molecule has 1 rings (SSSR count). The average Bonchev–Trinajstić information content (AvgIpc) is 2.31. The maximum atomic E-state index is 11.1. The Morgan fingerprint density at radius 3 is 2.67 bits per heavy atom. The Morgan fingerprint density at radius 2 is 2.17 bits per heavy atom. The number of carboxylic acids is 1. The van der Waals surface area contributed by atoms with Crippen molar-refractivity contribution < 1.29 is 9.90 Å². The minimum atomic E-state index is -1.05. The number of aliphatic carboxylic acids is 1. The average molecular weight is 257 g/mol. The molecule has 0 aromatic heterocycles. The molecule has 1 heterocycles. The lowest BCUT2D eigenvalue weighted by atomic mass is 9.91. The Hall–Kier alpha value is -0.650. The van der Waals surface area contributed by atoms with Crippen LogP contribution in [0.1, 0.15) is 33.1 Å². The Labute approximate surface area is 110 Å². The molecule has 0 bridgehead atoms. The van der Waals surface area contributed by atoms with Crippen molar-refractivity contribution in [2.75, 3.05) is 33.2 Å². The van der Waals surface area contributed by atoms with Crippen LogP contribution >= 0.6 is 0 Å². The molecule has 106 valence electrons. The summed E-state index contributed by atoms with van der Waals surface area (Å²) in [6.07, 6.45) is 1.89. The van der Waals surface area contributed by atoms with E-state index in [2.05, 4.69) is 23.8 Å². The zero-order chi connectivity index (χ0) is 13.8. The van der Waals surface area contributed by atoms with Crippen molar-refractivity contribution in [2.45, 2.75) is 44.7 Å². The molecule has 0 saturated carbocycles. The number of rotatable bonds is 6. The van der Waals surface area contributed by atoms with E-state index >= 15 is 0 Å². The van der Waals surface area contributed by atoms with Crippen LogP contribution in [0.5, 0.6) is 0 Å². The molecular weight excluding hydrogens is 230 g/mol. The van der Waals surface area contributed by atoms with E-state index in [0.29, 0.717) is 18.9 Å². The highest BCUT2D eigenvalue weighted by Crippen LogP contribution is 2.16.